The lowest BCUT2D eigenvalue weighted by molar-refractivity contribution is -0.118. The van der Waals surface area contributed by atoms with Crippen LogP contribution in [0.4, 0.5) is 5.69 Å². The summed E-state index contributed by atoms with van der Waals surface area (Å²) in [7, 11) is -3.63. The third kappa shape index (κ3) is 6.39. The molecule has 2 aromatic rings. The van der Waals surface area contributed by atoms with Crippen LogP contribution in [-0.2, 0) is 14.8 Å². The maximum atomic E-state index is 12.2. The number of halogens is 2. The number of nitrogens with one attached hydrogen (secondary N) is 2. The van der Waals surface area contributed by atoms with Gasteiger partial charge in [-0.05, 0) is 57.2 Å². The Kier molecular flexibility index (Phi) is 6.75. The van der Waals surface area contributed by atoms with E-state index in [9.17, 15) is 13.2 Å². The van der Waals surface area contributed by atoms with Gasteiger partial charge in [-0.2, -0.15) is 0 Å². The van der Waals surface area contributed by atoms with Crippen LogP contribution >= 0.6 is 23.2 Å². The van der Waals surface area contributed by atoms with Gasteiger partial charge in [-0.1, -0.05) is 29.3 Å². The van der Waals surface area contributed by atoms with E-state index in [0.29, 0.717) is 16.5 Å². The molecule has 27 heavy (non-hydrogen) atoms. The molecule has 0 fully saturated rings. The zero-order valence-electron chi connectivity index (χ0n) is 15.0. The van der Waals surface area contributed by atoms with Crippen LogP contribution in [0.5, 0.6) is 5.75 Å². The quantitative estimate of drug-likeness (QED) is 0.722. The van der Waals surface area contributed by atoms with Gasteiger partial charge in [0.1, 0.15) is 5.75 Å². The van der Waals surface area contributed by atoms with Gasteiger partial charge >= 0.3 is 0 Å². The minimum absolute atomic E-state index is 0.111. The summed E-state index contributed by atoms with van der Waals surface area (Å²) in [5.41, 5.74) is -0.208. The van der Waals surface area contributed by atoms with Gasteiger partial charge < -0.3 is 10.1 Å². The van der Waals surface area contributed by atoms with Crippen LogP contribution in [0, 0.1) is 0 Å². The first kappa shape index (κ1) is 21.5. The second-order valence-electron chi connectivity index (χ2n) is 6.77. The number of hydrogen-bond acceptors (Lipinski definition) is 4. The molecule has 0 aliphatic carbocycles. The lowest BCUT2D eigenvalue weighted by Gasteiger charge is -2.20. The van der Waals surface area contributed by atoms with E-state index in [4.69, 9.17) is 27.9 Å². The summed E-state index contributed by atoms with van der Waals surface area (Å²) in [6.45, 7) is 5.00. The van der Waals surface area contributed by atoms with E-state index < -0.39 is 21.5 Å². The Morgan fingerprint density at radius 2 is 1.70 bits per heavy atom. The third-order valence-corrected chi connectivity index (χ3v) is 5.76. The highest BCUT2D eigenvalue weighted by atomic mass is 35.5. The largest absolute Gasteiger partial charge is 0.484 e. The van der Waals surface area contributed by atoms with Gasteiger partial charge in [-0.15, -0.1) is 0 Å². The first-order chi connectivity index (χ1) is 12.5. The van der Waals surface area contributed by atoms with Crippen molar-refractivity contribution < 1.29 is 17.9 Å². The Labute approximate surface area is 168 Å². The highest BCUT2D eigenvalue weighted by Crippen LogP contribution is 2.29. The Morgan fingerprint density at radius 3 is 2.30 bits per heavy atom. The highest BCUT2D eigenvalue weighted by molar-refractivity contribution is 7.89. The number of hydrogen-bond donors (Lipinski definition) is 2. The molecule has 2 N–H and O–H groups in total. The van der Waals surface area contributed by atoms with Gasteiger partial charge in [-0.25, -0.2) is 13.1 Å². The van der Waals surface area contributed by atoms with Crippen molar-refractivity contribution in [2.75, 3.05) is 11.9 Å². The van der Waals surface area contributed by atoms with E-state index in [-0.39, 0.29) is 16.5 Å². The number of ether oxygens (including phenoxy) is 1. The molecule has 0 aliphatic heterocycles. The molecule has 0 radical (unpaired) electrons. The van der Waals surface area contributed by atoms with E-state index in [1.807, 2.05) is 0 Å². The molecule has 0 saturated carbocycles. The predicted octanol–water partition coefficient (Wildman–Crippen LogP) is 4.09. The fourth-order valence-electron chi connectivity index (χ4n) is 2.11. The van der Waals surface area contributed by atoms with Crippen molar-refractivity contribution in [3.63, 3.8) is 0 Å². The van der Waals surface area contributed by atoms with E-state index in [0.717, 1.165) is 0 Å². The Bertz CT molecular complexity index is 923. The number of amides is 1. The first-order valence-corrected chi connectivity index (χ1v) is 10.2. The second kappa shape index (κ2) is 8.48. The SMILES string of the molecule is CC(C)(C)NS(=O)(=O)c1ccc(OCC(=O)Nc2cccc(Cl)c2Cl)cc1. The summed E-state index contributed by atoms with van der Waals surface area (Å²) >= 11 is 11.9. The Morgan fingerprint density at radius 1 is 1.07 bits per heavy atom. The molecule has 0 atom stereocenters. The Hall–Kier alpha value is -1.80. The van der Waals surface area contributed by atoms with Crippen molar-refractivity contribution in [2.24, 2.45) is 0 Å². The summed E-state index contributed by atoms with van der Waals surface area (Å²) < 4.78 is 32.4. The van der Waals surface area contributed by atoms with Gasteiger partial charge in [0.25, 0.3) is 5.91 Å². The van der Waals surface area contributed by atoms with Crippen molar-refractivity contribution in [3.05, 3.63) is 52.5 Å². The number of benzene rings is 2. The van der Waals surface area contributed by atoms with Gasteiger partial charge in [-0.3, -0.25) is 4.79 Å². The van der Waals surface area contributed by atoms with E-state index in [1.165, 1.54) is 24.3 Å². The van der Waals surface area contributed by atoms with Crippen LogP contribution < -0.4 is 14.8 Å². The molecule has 2 aromatic carbocycles. The molecule has 9 heteroatoms. The number of rotatable bonds is 6. The van der Waals surface area contributed by atoms with Crippen LogP contribution in [0.1, 0.15) is 20.8 Å². The lowest BCUT2D eigenvalue weighted by atomic mass is 10.1. The molecular weight excluding hydrogens is 411 g/mol. The van der Waals surface area contributed by atoms with E-state index >= 15 is 0 Å². The fraction of sp³-hybridized carbons (Fsp3) is 0.278. The van der Waals surface area contributed by atoms with Crippen molar-refractivity contribution in [1.82, 2.24) is 4.72 Å². The molecule has 0 unspecified atom stereocenters. The number of carbonyl (C=O) groups excluding carboxylic acids is 1. The Balaban J connectivity index is 1.97. The average Bonchev–Trinajstić information content (AvgIpc) is 2.55. The summed E-state index contributed by atoms with van der Waals surface area (Å²) in [4.78, 5) is 12.1. The van der Waals surface area contributed by atoms with E-state index in [2.05, 4.69) is 10.0 Å². The number of sulfonamides is 1. The predicted molar refractivity (Wildman–Crippen MR) is 107 cm³/mol. The monoisotopic (exact) mass is 430 g/mol. The molecule has 0 spiro atoms. The lowest BCUT2D eigenvalue weighted by Crippen LogP contribution is -2.40. The number of anilines is 1. The number of carbonyl (C=O) groups is 1. The average molecular weight is 431 g/mol. The molecule has 0 saturated heterocycles. The second-order valence-corrected chi connectivity index (χ2v) is 9.23. The van der Waals surface area contributed by atoms with Crippen LogP contribution in [0.3, 0.4) is 0 Å². The molecule has 0 heterocycles. The van der Waals surface area contributed by atoms with Crippen LogP contribution in [0.2, 0.25) is 10.0 Å². The van der Waals surface area contributed by atoms with Crippen LogP contribution in [0.25, 0.3) is 0 Å². The van der Waals surface area contributed by atoms with Crippen molar-refractivity contribution >= 4 is 44.8 Å². The molecule has 146 valence electrons. The van der Waals surface area contributed by atoms with Crippen molar-refractivity contribution in [2.45, 2.75) is 31.2 Å². The maximum absolute atomic E-state index is 12.2. The summed E-state index contributed by atoms with van der Waals surface area (Å²) in [5, 5.41) is 3.17. The zero-order valence-corrected chi connectivity index (χ0v) is 17.4. The fourth-order valence-corrected chi connectivity index (χ4v) is 3.88. The van der Waals surface area contributed by atoms with Crippen LogP contribution in [-0.4, -0.2) is 26.5 Å². The van der Waals surface area contributed by atoms with Gasteiger partial charge in [0.15, 0.2) is 6.61 Å². The molecule has 0 aliphatic rings. The van der Waals surface area contributed by atoms with Crippen molar-refractivity contribution in [1.29, 1.82) is 0 Å². The minimum Gasteiger partial charge on any atom is -0.484 e. The van der Waals surface area contributed by atoms with Gasteiger partial charge in [0, 0.05) is 5.54 Å². The standard InChI is InChI=1S/C18H20Cl2N2O4S/c1-18(2,3)22-27(24,25)13-9-7-12(8-10-13)26-11-16(23)21-15-6-4-5-14(19)17(15)20/h4-10,22H,11H2,1-3H3,(H,21,23). The molecule has 2 rings (SSSR count). The maximum Gasteiger partial charge on any atom is 0.262 e. The third-order valence-electron chi connectivity index (χ3n) is 3.17. The first-order valence-electron chi connectivity index (χ1n) is 7.99. The molecular formula is C18H20Cl2N2O4S. The van der Waals surface area contributed by atoms with Crippen LogP contribution in [0.15, 0.2) is 47.4 Å². The van der Waals surface area contributed by atoms with E-state index in [1.54, 1.807) is 39.0 Å². The summed E-state index contributed by atoms with van der Waals surface area (Å²) in [6.07, 6.45) is 0. The molecule has 1 amide bonds. The summed E-state index contributed by atoms with van der Waals surface area (Å²) in [5.74, 6) is -0.0673. The molecule has 0 bridgehead atoms. The molecule has 0 aromatic heterocycles. The van der Waals surface area contributed by atoms with Gasteiger partial charge in [0.05, 0.1) is 20.6 Å². The highest BCUT2D eigenvalue weighted by Gasteiger charge is 2.21. The topological polar surface area (TPSA) is 84.5 Å². The van der Waals surface area contributed by atoms with Gasteiger partial charge in [0.2, 0.25) is 10.0 Å². The minimum atomic E-state index is -3.63. The normalized spacial score (nSPS) is 11.9. The molecule has 6 nitrogen and oxygen atoms in total. The van der Waals surface area contributed by atoms with Crippen molar-refractivity contribution in [3.8, 4) is 5.75 Å². The smallest absolute Gasteiger partial charge is 0.262 e. The zero-order chi connectivity index (χ0) is 20.2. The summed E-state index contributed by atoms with van der Waals surface area (Å²) in [6, 6.07) is 10.7.